The van der Waals surface area contributed by atoms with Crippen LogP contribution >= 0.6 is 11.3 Å². The van der Waals surface area contributed by atoms with Crippen LogP contribution in [0.15, 0.2) is 32.5 Å². The van der Waals surface area contributed by atoms with E-state index >= 15 is 0 Å². The molecule has 3 aromatic heterocycles. The second-order valence-electron chi connectivity index (χ2n) is 5.02. The second-order valence-corrected chi connectivity index (χ2v) is 5.97. The number of rotatable bonds is 7. The average Bonchev–Trinajstić information content (AvgIpc) is 3.31. The van der Waals surface area contributed by atoms with Gasteiger partial charge in [-0.1, -0.05) is 11.2 Å². The van der Waals surface area contributed by atoms with Crippen LogP contribution in [0.4, 0.5) is 0 Å². The maximum atomic E-state index is 12.6. The van der Waals surface area contributed by atoms with E-state index in [1.54, 1.807) is 20.1 Å². The highest BCUT2D eigenvalue weighted by molar-refractivity contribution is 7.13. The summed E-state index contributed by atoms with van der Waals surface area (Å²) in [5.41, 5.74) is 0.238. The van der Waals surface area contributed by atoms with Crippen molar-refractivity contribution in [2.75, 3.05) is 20.3 Å². The third kappa shape index (κ3) is 3.69. The van der Waals surface area contributed by atoms with Crippen molar-refractivity contribution in [3.05, 3.63) is 40.9 Å². The molecule has 0 N–H and O–H groups in total. The van der Waals surface area contributed by atoms with Gasteiger partial charge in [-0.3, -0.25) is 4.79 Å². The number of methoxy groups -OCH3 is 1. The number of amides is 1. The number of thiophene rings is 1. The summed E-state index contributed by atoms with van der Waals surface area (Å²) >= 11 is 1.51. The molecular weight excluding hydrogens is 332 g/mol. The highest BCUT2D eigenvalue weighted by Crippen LogP contribution is 2.23. The molecule has 0 atom stereocenters. The van der Waals surface area contributed by atoms with Gasteiger partial charge >= 0.3 is 0 Å². The first-order valence-electron chi connectivity index (χ1n) is 7.25. The van der Waals surface area contributed by atoms with Crippen molar-refractivity contribution in [2.24, 2.45) is 0 Å². The van der Waals surface area contributed by atoms with Crippen LogP contribution in [-0.2, 0) is 11.3 Å². The van der Waals surface area contributed by atoms with Gasteiger partial charge in [0.25, 0.3) is 11.8 Å². The normalized spacial score (nSPS) is 10.9. The first-order valence-corrected chi connectivity index (χ1v) is 8.13. The Hall–Kier alpha value is -2.52. The van der Waals surface area contributed by atoms with Crippen LogP contribution in [0.25, 0.3) is 10.8 Å². The van der Waals surface area contributed by atoms with Gasteiger partial charge in [0.1, 0.15) is 5.76 Å². The van der Waals surface area contributed by atoms with Gasteiger partial charge < -0.3 is 18.6 Å². The fourth-order valence-electron chi connectivity index (χ4n) is 2.06. The van der Waals surface area contributed by atoms with Crippen molar-refractivity contribution < 1.29 is 18.5 Å². The summed E-state index contributed by atoms with van der Waals surface area (Å²) in [5, 5.41) is 13.7. The highest BCUT2D eigenvalue weighted by atomic mass is 32.1. The Balaban J connectivity index is 1.75. The molecule has 24 heavy (non-hydrogen) atoms. The number of nitrogens with zero attached hydrogens (tertiary/aromatic N) is 4. The number of aryl methyl sites for hydroxylation is 1. The Morgan fingerprint density at radius 2 is 2.29 bits per heavy atom. The summed E-state index contributed by atoms with van der Waals surface area (Å²) in [6, 6.07) is 5.40. The molecule has 0 spiro atoms. The lowest BCUT2D eigenvalue weighted by atomic mass is 10.3. The molecule has 0 bridgehead atoms. The topological polar surface area (TPSA) is 94.5 Å². The molecule has 1 amide bonds. The van der Waals surface area contributed by atoms with Gasteiger partial charge in [-0.2, -0.15) is 0 Å². The van der Waals surface area contributed by atoms with Crippen LogP contribution in [-0.4, -0.2) is 46.4 Å². The lowest BCUT2D eigenvalue weighted by Crippen LogP contribution is -2.33. The fourth-order valence-corrected chi connectivity index (χ4v) is 2.71. The van der Waals surface area contributed by atoms with E-state index in [-0.39, 0.29) is 18.1 Å². The summed E-state index contributed by atoms with van der Waals surface area (Å²) < 4.78 is 15.7. The molecule has 0 saturated carbocycles. The van der Waals surface area contributed by atoms with Crippen molar-refractivity contribution in [2.45, 2.75) is 13.5 Å². The van der Waals surface area contributed by atoms with Crippen LogP contribution in [0.2, 0.25) is 0 Å². The van der Waals surface area contributed by atoms with Gasteiger partial charge in [0.05, 0.1) is 18.0 Å². The summed E-state index contributed by atoms with van der Waals surface area (Å²) in [5.74, 6) is 1.09. The third-order valence-electron chi connectivity index (χ3n) is 3.22. The number of ether oxygens (including phenoxy) is 1. The van der Waals surface area contributed by atoms with Crippen molar-refractivity contribution >= 4 is 17.2 Å². The van der Waals surface area contributed by atoms with Gasteiger partial charge in [0, 0.05) is 19.7 Å². The lowest BCUT2D eigenvalue weighted by Gasteiger charge is -2.19. The van der Waals surface area contributed by atoms with E-state index < -0.39 is 0 Å². The third-order valence-corrected chi connectivity index (χ3v) is 4.08. The van der Waals surface area contributed by atoms with Crippen LogP contribution in [0, 0.1) is 6.92 Å². The first kappa shape index (κ1) is 16.3. The van der Waals surface area contributed by atoms with Crippen molar-refractivity contribution in [3.63, 3.8) is 0 Å². The summed E-state index contributed by atoms with van der Waals surface area (Å²) in [6.45, 7) is 2.66. The van der Waals surface area contributed by atoms with E-state index in [2.05, 4.69) is 15.4 Å². The average molecular weight is 348 g/mol. The largest absolute Gasteiger partial charge is 0.418 e. The highest BCUT2D eigenvalue weighted by Gasteiger charge is 2.22. The Morgan fingerprint density at radius 1 is 1.42 bits per heavy atom. The minimum absolute atomic E-state index is 0.173. The SMILES string of the molecule is COCCN(Cc1nnc(-c2cccs2)o1)C(=O)c1cc(C)on1. The summed E-state index contributed by atoms with van der Waals surface area (Å²) in [6.07, 6.45) is 0. The molecule has 0 radical (unpaired) electrons. The van der Waals surface area contributed by atoms with Gasteiger partial charge in [-0.15, -0.1) is 21.5 Å². The summed E-state index contributed by atoms with van der Waals surface area (Å²) in [4.78, 5) is 15.0. The molecule has 126 valence electrons. The molecule has 0 saturated heterocycles. The van der Waals surface area contributed by atoms with Gasteiger partial charge in [-0.05, 0) is 18.4 Å². The van der Waals surface area contributed by atoms with Crippen molar-refractivity contribution in [1.29, 1.82) is 0 Å². The van der Waals surface area contributed by atoms with Gasteiger partial charge in [0.2, 0.25) is 5.89 Å². The second kappa shape index (κ2) is 7.37. The van der Waals surface area contributed by atoms with Gasteiger partial charge in [0.15, 0.2) is 5.69 Å². The van der Waals surface area contributed by atoms with Crippen LogP contribution in [0.3, 0.4) is 0 Å². The zero-order chi connectivity index (χ0) is 16.9. The predicted octanol–water partition coefficient (Wildman–Crippen LogP) is 2.38. The van der Waals surface area contributed by atoms with E-state index in [0.29, 0.717) is 30.7 Å². The minimum atomic E-state index is -0.278. The van der Waals surface area contributed by atoms with Crippen LogP contribution in [0.1, 0.15) is 22.1 Å². The molecule has 0 aliphatic heterocycles. The number of hydrogen-bond acceptors (Lipinski definition) is 8. The number of carbonyl (C=O) groups excluding carboxylic acids is 1. The quantitative estimate of drug-likeness (QED) is 0.647. The maximum Gasteiger partial charge on any atom is 0.276 e. The molecule has 0 unspecified atom stereocenters. The summed E-state index contributed by atoms with van der Waals surface area (Å²) in [7, 11) is 1.57. The van der Waals surface area contributed by atoms with Crippen LogP contribution < -0.4 is 0 Å². The lowest BCUT2D eigenvalue weighted by molar-refractivity contribution is 0.0653. The molecule has 3 heterocycles. The molecule has 0 aliphatic carbocycles. The monoisotopic (exact) mass is 348 g/mol. The van der Waals surface area contributed by atoms with E-state index in [9.17, 15) is 4.79 Å². The van der Waals surface area contributed by atoms with Crippen molar-refractivity contribution in [1.82, 2.24) is 20.3 Å². The molecule has 3 rings (SSSR count). The molecule has 8 nitrogen and oxygen atoms in total. The van der Waals surface area contributed by atoms with Crippen molar-refractivity contribution in [3.8, 4) is 10.8 Å². The molecule has 0 aliphatic rings. The molecule has 0 aromatic carbocycles. The predicted molar refractivity (Wildman–Crippen MR) is 85.5 cm³/mol. The zero-order valence-electron chi connectivity index (χ0n) is 13.3. The molecular formula is C15H16N4O4S. The fraction of sp³-hybridized carbons (Fsp3) is 0.333. The van der Waals surface area contributed by atoms with Crippen LogP contribution in [0.5, 0.6) is 0 Å². The Kier molecular flexibility index (Phi) is 5.02. The maximum absolute atomic E-state index is 12.6. The molecule has 9 heteroatoms. The smallest absolute Gasteiger partial charge is 0.276 e. The zero-order valence-corrected chi connectivity index (χ0v) is 14.1. The van der Waals surface area contributed by atoms with E-state index in [1.807, 2.05) is 17.5 Å². The Morgan fingerprint density at radius 3 is 2.96 bits per heavy atom. The number of hydrogen-bond donors (Lipinski definition) is 0. The van der Waals surface area contributed by atoms with E-state index in [4.69, 9.17) is 13.7 Å². The minimum Gasteiger partial charge on any atom is -0.418 e. The molecule has 0 fully saturated rings. The number of aromatic nitrogens is 3. The number of carbonyl (C=O) groups is 1. The van der Waals surface area contributed by atoms with E-state index in [1.165, 1.54) is 16.2 Å². The first-order chi connectivity index (χ1) is 11.7. The standard InChI is InChI=1S/C15H16N4O4S/c1-10-8-11(18-23-10)15(20)19(5-6-21-2)9-13-16-17-14(22-13)12-4-3-7-24-12/h3-4,7-8H,5-6,9H2,1-2H3. The Labute approximate surface area is 142 Å². The molecule has 3 aromatic rings. The van der Waals surface area contributed by atoms with Gasteiger partial charge in [-0.25, -0.2) is 0 Å². The van der Waals surface area contributed by atoms with E-state index in [0.717, 1.165) is 4.88 Å². The Bertz CT molecular complexity index is 796.